The van der Waals surface area contributed by atoms with E-state index in [1.54, 1.807) is 0 Å². The molecule has 3 heterocycles. The first kappa shape index (κ1) is 27.5. The smallest absolute Gasteiger partial charge is 0.229 e. The molecule has 0 radical (unpaired) electrons. The van der Waals surface area contributed by atoms with Crippen LogP contribution in [0.1, 0.15) is 0 Å². The quantitative estimate of drug-likeness (QED) is 0.170. The molecule has 7 N–H and O–H groups in total. The molecule has 14 heteroatoms. The molecule has 0 spiro atoms. The van der Waals surface area contributed by atoms with E-state index >= 15 is 0 Å². The summed E-state index contributed by atoms with van der Waals surface area (Å²) in [4.78, 5) is 13.1. The number of aliphatic hydroxyl groups excluding tert-OH is 6. The minimum atomic E-state index is -1.74. The molecule has 1 aromatic heterocycles. The highest BCUT2D eigenvalue weighted by Crippen LogP contribution is 2.35. The lowest BCUT2D eigenvalue weighted by molar-refractivity contribution is -0.307. The molecular formula is C25H28O14. The van der Waals surface area contributed by atoms with E-state index in [-0.39, 0.29) is 45.8 Å². The summed E-state index contributed by atoms with van der Waals surface area (Å²) in [5.74, 6) is -0.156. The first-order valence-electron chi connectivity index (χ1n) is 12.0. The van der Waals surface area contributed by atoms with Gasteiger partial charge >= 0.3 is 0 Å². The molecule has 2 aromatic carbocycles. The standard InChI is InChI=1S/C25H28O14/c1-34-9-5-11(26)16-14(6-9)37-23-10(17(16)28)3-2-4-13(23)38-25-22(33)20(31)19(30)15(39-25)8-36-24-21(32)18(29)12(27)7-35-24/h2-6,12,15,18-22,24-27,29-33H,7-8H2,1H3/t12-,15-,18+,19-,20+,21-,22-,24+,25-/m1/s1. The Labute approximate surface area is 219 Å². The summed E-state index contributed by atoms with van der Waals surface area (Å²) < 4.78 is 33.0. The highest BCUT2D eigenvalue weighted by atomic mass is 16.7. The number of ether oxygens (including phenoxy) is 5. The Morgan fingerprint density at radius 2 is 1.69 bits per heavy atom. The van der Waals surface area contributed by atoms with E-state index in [1.165, 1.54) is 37.4 Å². The number of hydrogen-bond acceptors (Lipinski definition) is 14. The minimum absolute atomic E-state index is 0.00518. The van der Waals surface area contributed by atoms with Crippen molar-refractivity contribution < 1.29 is 63.8 Å². The molecule has 0 unspecified atom stereocenters. The third kappa shape index (κ3) is 5.02. The SMILES string of the molecule is COc1cc(O)c2c(=O)c3cccc(O[C@@H]4O[C@H](CO[C@@H]5OC[C@@H](O)[C@H](O)[C@H]5O)[C@@H](O)[C@H](O)[C@H]4O)c3oc2c1. The molecule has 0 saturated carbocycles. The van der Waals surface area contributed by atoms with Crippen LogP contribution in [0, 0.1) is 0 Å². The molecule has 212 valence electrons. The highest BCUT2D eigenvalue weighted by Gasteiger charge is 2.46. The van der Waals surface area contributed by atoms with Gasteiger partial charge in [0.25, 0.3) is 0 Å². The lowest BCUT2D eigenvalue weighted by atomic mass is 9.99. The number of phenolic OH excluding ortho intramolecular Hbond substituents is 1. The Bertz CT molecular complexity index is 1390. The van der Waals surface area contributed by atoms with E-state index in [0.717, 1.165) is 0 Å². The molecule has 2 saturated heterocycles. The van der Waals surface area contributed by atoms with Gasteiger partial charge in [-0.3, -0.25) is 4.79 Å². The van der Waals surface area contributed by atoms with E-state index in [1.807, 2.05) is 0 Å². The Hall–Kier alpha value is -3.05. The second-order valence-corrected chi connectivity index (χ2v) is 9.30. The fourth-order valence-electron chi connectivity index (χ4n) is 4.53. The zero-order valence-corrected chi connectivity index (χ0v) is 20.5. The van der Waals surface area contributed by atoms with Crippen molar-refractivity contribution in [2.45, 2.75) is 55.3 Å². The van der Waals surface area contributed by atoms with Crippen LogP contribution < -0.4 is 14.9 Å². The van der Waals surface area contributed by atoms with Crippen LogP contribution in [0.5, 0.6) is 17.2 Å². The molecule has 14 nitrogen and oxygen atoms in total. The van der Waals surface area contributed by atoms with E-state index in [4.69, 9.17) is 28.1 Å². The lowest BCUT2D eigenvalue weighted by Crippen LogP contribution is -2.61. The highest BCUT2D eigenvalue weighted by molar-refractivity contribution is 5.95. The van der Waals surface area contributed by atoms with Gasteiger partial charge in [-0.2, -0.15) is 0 Å². The molecular weight excluding hydrogens is 524 g/mol. The number of para-hydroxylation sites is 1. The average molecular weight is 552 g/mol. The van der Waals surface area contributed by atoms with Crippen LogP contribution in [0.4, 0.5) is 0 Å². The predicted octanol–water partition coefficient (Wildman–Crippen LogP) is -1.70. The van der Waals surface area contributed by atoms with E-state index < -0.39 is 67.3 Å². The van der Waals surface area contributed by atoms with Gasteiger partial charge in [0.1, 0.15) is 65.2 Å². The summed E-state index contributed by atoms with van der Waals surface area (Å²) in [5.41, 5.74) is -0.592. The number of methoxy groups -OCH3 is 1. The third-order valence-corrected chi connectivity index (χ3v) is 6.74. The number of aliphatic hydroxyl groups is 6. The van der Waals surface area contributed by atoms with Crippen LogP contribution in [0.15, 0.2) is 39.5 Å². The number of phenols is 1. The van der Waals surface area contributed by atoms with Crippen LogP contribution in [0.25, 0.3) is 21.9 Å². The minimum Gasteiger partial charge on any atom is -0.507 e. The molecule has 9 atom stereocenters. The molecule has 0 aliphatic carbocycles. The Kier molecular flexibility index (Phi) is 7.65. The summed E-state index contributed by atoms with van der Waals surface area (Å²) in [6.45, 7) is -0.779. The summed E-state index contributed by atoms with van der Waals surface area (Å²) in [7, 11) is 1.38. The molecule has 5 rings (SSSR count). The maximum absolute atomic E-state index is 13.1. The van der Waals surface area contributed by atoms with Crippen molar-refractivity contribution in [1.82, 2.24) is 0 Å². The summed E-state index contributed by atoms with van der Waals surface area (Å²) in [6, 6.07) is 7.03. The van der Waals surface area contributed by atoms with Crippen molar-refractivity contribution in [3.05, 3.63) is 40.6 Å². The Morgan fingerprint density at radius 1 is 0.949 bits per heavy atom. The van der Waals surface area contributed by atoms with Crippen molar-refractivity contribution in [3.63, 3.8) is 0 Å². The van der Waals surface area contributed by atoms with Gasteiger partial charge in [-0.15, -0.1) is 0 Å². The number of rotatable bonds is 6. The molecule has 2 aliphatic rings. The van der Waals surface area contributed by atoms with Gasteiger partial charge in [-0.1, -0.05) is 6.07 Å². The Balaban J connectivity index is 1.40. The van der Waals surface area contributed by atoms with Gasteiger partial charge in [-0.05, 0) is 12.1 Å². The van der Waals surface area contributed by atoms with Gasteiger partial charge in [0.2, 0.25) is 11.7 Å². The zero-order chi connectivity index (χ0) is 28.0. The summed E-state index contributed by atoms with van der Waals surface area (Å²) >= 11 is 0. The van der Waals surface area contributed by atoms with E-state index in [2.05, 4.69) is 0 Å². The molecule has 2 fully saturated rings. The van der Waals surface area contributed by atoms with Gasteiger partial charge in [0.15, 0.2) is 17.6 Å². The van der Waals surface area contributed by atoms with Crippen LogP contribution in [0.2, 0.25) is 0 Å². The maximum Gasteiger partial charge on any atom is 0.229 e. The molecule has 3 aromatic rings. The lowest BCUT2D eigenvalue weighted by Gasteiger charge is -2.41. The fourth-order valence-corrected chi connectivity index (χ4v) is 4.53. The maximum atomic E-state index is 13.1. The average Bonchev–Trinajstić information content (AvgIpc) is 2.92. The molecule has 39 heavy (non-hydrogen) atoms. The third-order valence-electron chi connectivity index (χ3n) is 6.74. The molecule has 0 bridgehead atoms. The monoisotopic (exact) mass is 552 g/mol. The fraction of sp³-hybridized carbons (Fsp3) is 0.480. The van der Waals surface area contributed by atoms with Crippen molar-refractivity contribution in [2.75, 3.05) is 20.3 Å². The normalized spacial score (nSPS) is 33.4. The van der Waals surface area contributed by atoms with Gasteiger partial charge < -0.3 is 63.8 Å². The second kappa shape index (κ2) is 10.8. The summed E-state index contributed by atoms with van der Waals surface area (Å²) in [6.07, 6.45) is -13.8. The number of hydrogen-bond donors (Lipinski definition) is 7. The van der Waals surface area contributed by atoms with Gasteiger partial charge in [0, 0.05) is 12.1 Å². The molecule has 0 amide bonds. The summed E-state index contributed by atoms with van der Waals surface area (Å²) in [5, 5.41) is 71.2. The van der Waals surface area contributed by atoms with Crippen molar-refractivity contribution >= 4 is 21.9 Å². The topological polar surface area (TPSA) is 218 Å². The first-order chi connectivity index (χ1) is 18.6. The van der Waals surface area contributed by atoms with Crippen molar-refractivity contribution in [3.8, 4) is 17.2 Å². The predicted molar refractivity (Wildman–Crippen MR) is 129 cm³/mol. The zero-order valence-electron chi connectivity index (χ0n) is 20.5. The van der Waals surface area contributed by atoms with Crippen molar-refractivity contribution in [1.29, 1.82) is 0 Å². The molecule has 2 aliphatic heterocycles. The number of fused-ring (bicyclic) bond motifs is 2. The number of benzene rings is 2. The largest absolute Gasteiger partial charge is 0.507 e. The van der Waals surface area contributed by atoms with E-state index in [0.29, 0.717) is 0 Å². The van der Waals surface area contributed by atoms with Crippen LogP contribution in [0.3, 0.4) is 0 Å². The first-order valence-corrected chi connectivity index (χ1v) is 12.0. The van der Waals surface area contributed by atoms with Gasteiger partial charge in [0.05, 0.1) is 25.7 Å². The van der Waals surface area contributed by atoms with Crippen LogP contribution in [-0.4, -0.2) is 111 Å². The van der Waals surface area contributed by atoms with Crippen LogP contribution in [-0.2, 0) is 14.2 Å². The van der Waals surface area contributed by atoms with E-state index in [9.17, 15) is 40.5 Å². The van der Waals surface area contributed by atoms with Crippen molar-refractivity contribution in [2.24, 2.45) is 0 Å². The number of aromatic hydroxyl groups is 1. The second-order valence-electron chi connectivity index (χ2n) is 9.30. The van der Waals surface area contributed by atoms with Crippen LogP contribution >= 0.6 is 0 Å². The Morgan fingerprint density at radius 3 is 2.44 bits per heavy atom. The van der Waals surface area contributed by atoms with Gasteiger partial charge in [-0.25, -0.2) is 0 Å².